The molecule has 2 N–H and O–H groups in total. The van der Waals surface area contributed by atoms with Gasteiger partial charge in [-0.3, -0.25) is 0 Å². The molecule has 1 aliphatic rings. The zero-order valence-electron chi connectivity index (χ0n) is 8.56. The van der Waals surface area contributed by atoms with Gasteiger partial charge in [0.1, 0.15) is 5.82 Å². The molecule has 0 radical (unpaired) electrons. The van der Waals surface area contributed by atoms with Gasteiger partial charge in [0.2, 0.25) is 5.28 Å². The van der Waals surface area contributed by atoms with Crippen LogP contribution in [-0.4, -0.2) is 29.1 Å². The van der Waals surface area contributed by atoms with Gasteiger partial charge in [0.15, 0.2) is 0 Å². The standard InChI is InChI=1S/C10H15ClN4/c11-10-13-5-4-9(14-10)15-6-2-1-3-8(15)7-12/h4-5,8H,1-3,6-7,12H2/t8-/m0/s1. The topological polar surface area (TPSA) is 55.0 Å². The van der Waals surface area contributed by atoms with Crippen LogP contribution >= 0.6 is 11.6 Å². The summed E-state index contributed by atoms with van der Waals surface area (Å²) in [5.41, 5.74) is 5.75. The van der Waals surface area contributed by atoms with Crippen molar-refractivity contribution in [3.63, 3.8) is 0 Å². The Labute approximate surface area is 94.5 Å². The molecule has 1 fully saturated rings. The largest absolute Gasteiger partial charge is 0.352 e. The van der Waals surface area contributed by atoms with E-state index in [4.69, 9.17) is 17.3 Å². The first kappa shape index (κ1) is 10.6. The molecule has 5 heteroatoms. The lowest BCUT2D eigenvalue weighted by Gasteiger charge is -2.35. The van der Waals surface area contributed by atoms with Gasteiger partial charge in [0.05, 0.1) is 0 Å². The minimum atomic E-state index is 0.300. The van der Waals surface area contributed by atoms with E-state index in [0.717, 1.165) is 18.8 Å². The zero-order chi connectivity index (χ0) is 10.7. The van der Waals surface area contributed by atoms with Crippen molar-refractivity contribution in [1.29, 1.82) is 0 Å². The van der Waals surface area contributed by atoms with E-state index < -0.39 is 0 Å². The third-order valence-electron chi connectivity index (χ3n) is 2.80. The van der Waals surface area contributed by atoms with Crippen molar-refractivity contribution in [2.45, 2.75) is 25.3 Å². The molecule has 4 nitrogen and oxygen atoms in total. The zero-order valence-corrected chi connectivity index (χ0v) is 9.32. The van der Waals surface area contributed by atoms with Crippen LogP contribution in [0.15, 0.2) is 12.3 Å². The minimum Gasteiger partial charge on any atom is -0.352 e. The van der Waals surface area contributed by atoms with Gasteiger partial charge in [-0.15, -0.1) is 0 Å². The first-order valence-corrected chi connectivity index (χ1v) is 5.64. The molecule has 15 heavy (non-hydrogen) atoms. The van der Waals surface area contributed by atoms with Gasteiger partial charge in [-0.05, 0) is 36.9 Å². The molecule has 0 saturated carbocycles. The Bertz CT molecular complexity index is 331. The summed E-state index contributed by atoms with van der Waals surface area (Å²) in [6.07, 6.45) is 5.26. The lowest BCUT2D eigenvalue weighted by Crippen LogP contribution is -2.44. The van der Waals surface area contributed by atoms with Crippen molar-refractivity contribution in [1.82, 2.24) is 9.97 Å². The van der Waals surface area contributed by atoms with Gasteiger partial charge in [-0.2, -0.15) is 0 Å². The van der Waals surface area contributed by atoms with Crippen LogP contribution in [-0.2, 0) is 0 Å². The smallest absolute Gasteiger partial charge is 0.224 e. The molecular formula is C10H15ClN4. The number of anilines is 1. The van der Waals surface area contributed by atoms with Crippen molar-refractivity contribution in [3.8, 4) is 0 Å². The summed E-state index contributed by atoms with van der Waals surface area (Å²) in [5, 5.41) is 0.300. The van der Waals surface area contributed by atoms with Crippen molar-refractivity contribution < 1.29 is 0 Å². The van der Waals surface area contributed by atoms with Crippen LogP contribution in [0.2, 0.25) is 5.28 Å². The Kier molecular flexibility index (Phi) is 3.38. The molecule has 1 aromatic heterocycles. The third kappa shape index (κ3) is 2.38. The summed E-state index contributed by atoms with van der Waals surface area (Å²) in [7, 11) is 0. The number of nitrogens with two attached hydrogens (primary N) is 1. The third-order valence-corrected chi connectivity index (χ3v) is 2.99. The van der Waals surface area contributed by atoms with E-state index in [0.29, 0.717) is 17.9 Å². The fourth-order valence-corrected chi connectivity index (χ4v) is 2.18. The van der Waals surface area contributed by atoms with Gasteiger partial charge in [0, 0.05) is 25.3 Å². The summed E-state index contributed by atoms with van der Waals surface area (Å²) in [6, 6.07) is 2.28. The van der Waals surface area contributed by atoms with E-state index in [9.17, 15) is 0 Å². The molecule has 0 aromatic carbocycles. The normalized spacial score (nSPS) is 21.7. The van der Waals surface area contributed by atoms with E-state index in [1.807, 2.05) is 6.07 Å². The van der Waals surface area contributed by atoms with Crippen molar-refractivity contribution in [2.24, 2.45) is 5.73 Å². The highest BCUT2D eigenvalue weighted by Crippen LogP contribution is 2.22. The van der Waals surface area contributed by atoms with Crippen LogP contribution in [0.3, 0.4) is 0 Å². The molecular weight excluding hydrogens is 212 g/mol. The highest BCUT2D eigenvalue weighted by molar-refractivity contribution is 6.28. The molecule has 1 saturated heterocycles. The lowest BCUT2D eigenvalue weighted by molar-refractivity contribution is 0.462. The molecule has 1 atom stereocenters. The maximum Gasteiger partial charge on any atom is 0.224 e. The Hall–Kier alpha value is -0.870. The quantitative estimate of drug-likeness (QED) is 0.776. The number of piperidine rings is 1. The maximum atomic E-state index is 5.77. The van der Waals surface area contributed by atoms with Crippen LogP contribution in [0.1, 0.15) is 19.3 Å². The summed E-state index contributed by atoms with van der Waals surface area (Å²) >= 11 is 5.77. The molecule has 82 valence electrons. The number of aromatic nitrogens is 2. The van der Waals surface area contributed by atoms with Crippen LogP contribution in [0, 0.1) is 0 Å². The molecule has 2 rings (SSSR count). The molecule has 2 heterocycles. The number of rotatable bonds is 2. The van der Waals surface area contributed by atoms with E-state index in [2.05, 4.69) is 14.9 Å². The first-order chi connectivity index (χ1) is 7.31. The highest BCUT2D eigenvalue weighted by atomic mass is 35.5. The Balaban J connectivity index is 2.20. The number of hydrogen-bond donors (Lipinski definition) is 1. The van der Waals surface area contributed by atoms with Crippen LogP contribution < -0.4 is 10.6 Å². The molecule has 1 aliphatic heterocycles. The van der Waals surface area contributed by atoms with Gasteiger partial charge < -0.3 is 10.6 Å². The van der Waals surface area contributed by atoms with E-state index in [-0.39, 0.29) is 0 Å². The van der Waals surface area contributed by atoms with Gasteiger partial charge in [-0.25, -0.2) is 9.97 Å². The van der Waals surface area contributed by atoms with Crippen molar-refractivity contribution >= 4 is 17.4 Å². The summed E-state index contributed by atoms with van der Waals surface area (Å²) in [6.45, 7) is 1.68. The molecule has 0 bridgehead atoms. The second-order valence-corrected chi connectivity index (χ2v) is 4.10. The van der Waals surface area contributed by atoms with E-state index in [1.54, 1.807) is 6.20 Å². The maximum absolute atomic E-state index is 5.77. The Morgan fingerprint density at radius 1 is 1.53 bits per heavy atom. The molecule has 0 amide bonds. The second kappa shape index (κ2) is 4.77. The molecule has 1 aromatic rings. The first-order valence-electron chi connectivity index (χ1n) is 5.26. The highest BCUT2D eigenvalue weighted by Gasteiger charge is 2.22. The fraction of sp³-hybridized carbons (Fsp3) is 0.600. The van der Waals surface area contributed by atoms with Crippen molar-refractivity contribution in [3.05, 3.63) is 17.5 Å². The average molecular weight is 227 g/mol. The average Bonchev–Trinajstić information content (AvgIpc) is 2.29. The Morgan fingerprint density at radius 2 is 2.40 bits per heavy atom. The second-order valence-electron chi connectivity index (χ2n) is 3.76. The minimum absolute atomic E-state index is 0.300. The molecule has 0 spiro atoms. The summed E-state index contributed by atoms with van der Waals surface area (Å²) < 4.78 is 0. The Morgan fingerprint density at radius 3 is 3.13 bits per heavy atom. The predicted octanol–water partition coefficient (Wildman–Crippen LogP) is 1.45. The predicted molar refractivity (Wildman–Crippen MR) is 61.1 cm³/mol. The SMILES string of the molecule is NC[C@@H]1CCCCN1c1ccnc(Cl)n1. The summed E-state index contributed by atoms with van der Waals surface area (Å²) in [4.78, 5) is 10.3. The van der Waals surface area contributed by atoms with Crippen LogP contribution in [0.5, 0.6) is 0 Å². The van der Waals surface area contributed by atoms with Crippen LogP contribution in [0.4, 0.5) is 5.82 Å². The monoisotopic (exact) mass is 226 g/mol. The summed E-state index contributed by atoms with van der Waals surface area (Å²) in [5.74, 6) is 0.894. The van der Waals surface area contributed by atoms with Crippen molar-refractivity contribution in [2.75, 3.05) is 18.0 Å². The van der Waals surface area contributed by atoms with Crippen LogP contribution in [0.25, 0.3) is 0 Å². The van der Waals surface area contributed by atoms with E-state index >= 15 is 0 Å². The number of halogens is 1. The lowest BCUT2D eigenvalue weighted by atomic mass is 10.0. The van der Waals surface area contributed by atoms with Gasteiger partial charge in [0.25, 0.3) is 0 Å². The number of hydrogen-bond acceptors (Lipinski definition) is 4. The van der Waals surface area contributed by atoms with Gasteiger partial charge >= 0.3 is 0 Å². The molecule has 0 unspecified atom stereocenters. The fourth-order valence-electron chi connectivity index (χ4n) is 2.03. The molecule has 0 aliphatic carbocycles. The van der Waals surface area contributed by atoms with E-state index in [1.165, 1.54) is 12.8 Å². The van der Waals surface area contributed by atoms with Gasteiger partial charge in [-0.1, -0.05) is 0 Å². The number of nitrogens with zero attached hydrogens (tertiary/aromatic N) is 3.